The van der Waals surface area contributed by atoms with Crippen LogP contribution < -0.4 is 10.2 Å². The van der Waals surface area contributed by atoms with Crippen molar-refractivity contribution in [2.75, 3.05) is 44.7 Å². The van der Waals surface area contributed by atoms with Gasteiger partial charge in [-0.1, -0.05) is 6.92 Å². The van der Waals surface area contributed by atoms with Gasteiger partial charge in [0, 0.05) is 62.4 Å². The second-order valence-electron chi connectivity index (χ2n) is 9.19. The van der Waals surface area contributed by atoms with Crippen LogP contribution in [-0.4, -0.2) is 74.8 Å². The quantitative estimate of drug-likeness (QED) is 0.338. The van der Waals surface area contributed by atoms with E-state index in [-0.39, 0.29) is 5.82 Å². The van der Waals surface area contributed by atoms with Crippen LogP contribution >= 0.6 is 0 Å². The summed E-state index contributed by atoms with van der Waals surface area (Å²) in [5.74, 6) is 0.131. The van der Waals surface area contributed by atoms with Gasteiger partial charge in [0.05, 0.1) is 16.6 Å². The molecule has 1 aliphatic heterocycles. The number of nitrogens with one attached hydrogen (secondary N) is 3. The van der Waals surface area contributed by atoms with Gasteiger partial charge in [-0.25, -0.2) is 14.4 Å². The average molecular weight is 486 g/mol. The average Bonchev–Trinajstić information content (AvgIpc) is 3.53. The van der Waals surface area contributed by atoms with Gasteiger partial charge in [0.15, 0.2) is 11.5 Å². The molecule has 1 fully saturated rings. The fourth-order valence-corrected chi connectivity index (χ4v) is 4.79. The Morgan fingerprint density at radius 2 is 1.97 bits per heavy atom. The molecule has 0 radical (unpaired) electrons. The fourth-order valence-electron chi connectivity index (χ4n) is 4.79. The van der Waals surface area contributed by atoms with Gasteiger partial charge < -0.3 is 20.1 Å². The number of imidazole rings is 1. The SMILES string of the molecule is CCNCc1cncc(-c2ccc3[nH]nc(-c4nc5nccc(N6CCN(C)CC6)c5[nH]4)c3c2F)c1. The van der Waals surface area contributed by atoms with E-state index in [1.54, 1.807) is 24.7 Å². The number of aromatic amines is 2. The summed E-state index contributed by atoms with van der Waals surface area (Å²) in [7, 11) is 2.13. The highest BCUT2D eigenvalue weighted by Crippen LogP contribution is 2.35. The standard InChI is InChI=1S/C26H28FN9/c1-3-28-13-16-12-17(15-29-14-16)18-4-5-19-21(22(18)27)24(34-33-19)26-31-23-20(6-7-30-25(23)32-26)36-10-8-35(2)9-11-36/h4-7,12,14-15,28H,3,8-11,13H2,1-2H3,(H,33,34)(H,30,31,32). The number of anilines is 1. The molecule has 5 heterocycles. The number of hydrogen-bond donors (Lipinski definition) is 3. The zero-order valence-corrected chi connectivity index (χ0v) is 20.3. The molecule has 0 saturated carbocycles. The van der Waals surface area contributed by atoms with Gasteiger partial charge in [-0.3, -0.25) is 10.1 Å². The second-order valence-corrected chi connectivity index (χ2v) is 9.19. The third-order valence-electron chi connectivity index (χ3n) is 6.79. The predicted octanol–water partition coefficient (Wildman–Crippen LogP) is 3.56. The number of fused-ring (bicyclic) bond motifs is 2. The van der Waals surface area contributed by atoms with Crippen molar-refractivity contribution < 1.29 is 4.39 Å². The molecule has 0 amide bonds. The maximum absolute atomic E-state index is 16.0. The van der Waals surface area contributed by atoms with Gasteiger partial charge in [-0.05, 0) is 43.4 Å². The molecule has 1 saturated heterocycles. The van der Waals surface area contributed by atoms with Gasteiger partial charge >= 0.3 is 0 Å². The zero-order valence-electron chi connectivity index (χ0n) is 20.3. The van der Waals surface area contributed by atoms with Gasteiger partial charge in [0.2, 0.25) is 0 Å². The van der Waals surface area contributed by atoms with Gasteiger partial charge in [0.1, 0.15) is 17.0 Å². The molecule has 10 heteroatoms. The number of nitrogens with zero attached hydrogens (tertiary/aromatic N) is 6. The summed E-state index contributed by atoms with van der Waals surface area (Å²) in [4.78, 5) is 21.5. The van der Waals surface area contributed by atoms with E-state index in [0.717, 1.165) is 55.1 Å². The Hall–Kier alpha value is -3.89. The van der Waals surface area contributed by atoms with Crippen LogP contribution in [0, 0.1) is 5.82 Å². The van der Waals surface area contributed by atoms with Crippen LogP contribution in [0.4, 0.5) is 10.1 Å². The van der Waals surface area contributed by atoms with E-state index in [0.29, 0.717) is 40.2 Å². The van der Waals surface area contributed by atoms with E-state index < -0.39 is 0 Å². The highest BCUT2D eigenvalue weighted by molar-refractivity contribution is 5.97. The number of halogens is 1. The van der Waals surface area contributed by atoms with Gasteiger partial charge in [0.25, 0.3) is 0 Å². The Morgan fingerprint density at radius 1 is 1.11 bits per heavy atom. The lowest BCUT2D eigenvalue weighted by Crippen LogP contribution is -2.44. The molecule has 184 valence electrons. The molecule has 4 aromatic heterocycles. The third kappa shape index (κ3) is 3.98. The first-order valence-electron chi connectivity index (χ1n) is 12.2. The normalized spacial score (nSPS) is 14.8. The summed E-state index contributed by atoms with van der Waals surface area (Å²) in [6.45, 7) is 7.42. The number of H-pyrrole nitrogens is 2. The summed E-state index contributed by atoms with van der Waals surface area (Å²) in [5.41, 5.74) is 5.72. The molecule has 0 atom stereocenters. The first-order chi connectivity index (χ1) is 17.6. The lowest BCUT2D eigenvalue weighted by atomic mass is 10.0. The molecule has 6 rings (SSSR count). The Morgan fingerprint density at radius 3 is 2.81 bits per heavy atom. The first kappa shape index (κ1) is 22.6. The summed E-state index contributed by atoms with van der Waals surface area (Å²) in [6, 6.07) is 7.58. The van der Waals surface area contributed by atoms with E-state index >= 15 is 4.39 Å². The zero-order chi connectivity index (χ0) is 24.6. The number of pyridine rings is 2. The first-order valence-corrected chi connectivity index (χ1v) is 12.2. The molecule has 0 bridgehead atoms. The van der Waals surface area contributed by atoms with E-state index in [1.165, 1.54) is 0 Å². The molecule has 36 heavy (non-hydrogen) atoms. The number of piperazine rings is 1. The summed E-state index contributed by atoms with van der Waals surface area (Å²) in [5, 5.41) is 11.1. The lowest BCUT2D eigenvalue weighted by molar-refractivity contribution is 0.313. The summed E-state index contributed by atoms with van der Waals surface area (Å²) < 4.78 is 16.0. The molecular formula is C26H28FN9. The van der Waals surface area contributed by atoms with Crippen LogP contribution in [0.15, 0.2) is 42.9 Å². The highest BCUT2D eigenvalue weighted by Gasteiger charge is 2.22. The number of likely N-dealkylation sites (N-methyl/N-ethyl adjacent to an activating group) is 1. The largest absolute Gasteiger partial charge is 0.367 e. The number of rotatable bonds is 6. The minimum Gasteiger partial charge on any atom is -0.367 e. The van der Waals surface area contributed by atoms with E-state index in [4.69, 9.17) is 4.98 Å². The molecule has 1 aliphatic rings. The maximum Gasteiger partial charge on any atom is 0.180 e. The van der Waals surface area contributed by atoms with Crippen molar-refractivity contribution >= 4 is 27.8 Å². The smallest absolute Gasteiger partial charge is 0.180 e. The van der Waals surface area contributed by atoms with Crippen molar-refractivity contribution in [1.29, 1.82) is 0 Å². The summed E-state index contributed by atoms with van der Waals surface area (Å²) in [6.07, 6.45) is 5.26. The predicted molar refractivity (Wildman–Crippen MR) is 139 cm³/mol. The number of hydrogen-bond acceptors (Lipinski definition) is 7. The van der Waals surface area contributed by atoms with Crippen LogP contribution in [0.2, 0.25) is 0 Å². The van der Waals surface area contributed by atoms with Gasteiger partial charge in [-0.15, -0.1) is 0 Å². The van der Waals surface area contributed by atoms with Crippen molar-refractivity contribution in [3.05, 3.63) is 54.2 Å². The van der Waals surface area contributed by atoms with Gasteiger partial charge in [-0.2, -0.15) is 5.10 Å². The van der Waals surface area contributed by atoms with Crippen molar-refractivity contribution in [3.63, 3.8) is 0 Å². The van der Waals surface area contributed by atoms with Crippen LogP contribution in [-0.2, 0) is 6.54 Å². The van der Waals surface area contributed by atoms with E-state index in [1.807, 2.05) is 25.1 Å². The minimum absolute atomic E-state index is 0.355. The Bertz CT molecular complexity index is 1530. The molecule has 5 aromatic rings. The topological polar surface area (TPSA) is 102 Å². The Balaban J connectivity index is 1.42. The Kier molecular flexibility index (Phi) is 5.82. The van der Waals surface area contributed by atoms with Crippen LogP contribution in [0.5, 0.6) is 0 Å². The van der Waals surface area contributed by atoms with Crippen LogP contribution in [0.3, 0.4) is 0 Å². The van der Waals surface area contributed by atoms with E-state index in [9.17, 15) is 0 Å². The molecule has 0 aliphatic carbocycles. The molecular weight excluding hydrogens is 457 g/mol. The lowest BCUT2D eigenvalue weighted by Gasteiger charge is -2.34. The molecule has 9 nitrogen and oxygen atoms in total. The number of aromatic nitrogens is 6. The number of benzene rings is 1. The van der Waals surface area contributed by atoms with Crippen molar-refractivity contribution in [2.24, 2.45) is 0 Å². The van der Waals surface area contributed by atoms with Crippen molar-refractivity contribution in [1.82, 2.24) is 40.3 Å². The van der Waals surface area contributed by atoms with E-state index in [2.05, 4.69) is 47.3 Å². The molecule has 0 unspecified atom stereocenters. The van der Waals surface area contributed by atoms with Crippen molar-refractivity contribution in [2.45, 2.75) is 13.5 Å². The minimum atomic E-state index is -0.355. The summed E-state index contributed by atoms with van der Waals surface area (Å²) >= 11 is 0. The van der Waals surface area contributed by atoms with Crippen molar-refractivity contribution in [3.8, 4) is 22.6 Å². The fraction of sp³-hybridized carbons (Fsp3) is 0.308. The monoisotopic (exact) mass is 485 g/mol. The Labute approximate surface area is 207 Å². The maximum atomic E-state index is 16.0. The molecule has 1 aromatic carbocycles. The molecule has 0 spiro atoms. The van der Waals surface area contributed by atoms with Crippen LogP contribution in [0.25, 0.3) is 44.7 Å². The van der Waals surface area contributed by atoms with Crippen LogP contribution in [0.1, 0.15) is 12.5 Å². The third-order valence-corrected chi connectivity index (χ3v) is 6.79. The highest BCUT2D eigenvalue weighted by atomic mass is 19.1. The second kappa shape index (κ2) is 9.29. The molecule has 3 N–H and O–H groups in total.